The molecule has 1 amide bonds. The van der Waals surface area contributed by atoms with Crippen LogP contribution in [0, 0.1) is 17.3 Å². The van der Waals surface area contributed by atoms with Crippen LogP contribution in [0.15, 0.2) is 0 Å². The first-order chi connectivity index (χ1) is 8.69. The van der Waals surface area contributed by atoms with Gasteiger partial charge in [0, 0.05) is 19.6 Å². The Morgan fingerprint density at radius 1 is 1.28 bits per heavy atom. The third-order valence-corrected chi connectivity index (χ3v) is 5.00. The molecule has 0 bridgehead atoms. The van der Waals surface area contributed by atoms with Gasteiger partial charge in [-0.15, -0.1) is 0 Å². The molecule has 0 heterocycles. The van der Waals surface area contributed by atoms with Gasteiger partial charge in [0.25, 0.3) is 0 Å². The highest BCUT2D eigenvalue weighted by Crippen LogP contribution is 2.42. The van der Waals surface area contributed by atoms with Crippen LogP contribution in [-0.2, 0) is 4.79 Å². The van der Waals surface area contributed by atoms with Crippen LogP contribution in [0.2, 0.25) is 0 Å². The number of rotatable bonds is 6. The van der Waals surface area contributed by atoms with Gasteiger partial charge in [0.1, 0.15) is 0 Å². The molecule has 0 aromatic rings. The molecular weight excluding hydrogens is 228 g/mol. The summed E-state index contributed by atoms with van der Waals surface area (Å²) in [5, 5.41) is 12.3. The van der Waals surface area contributed by atoms with Crippen molar-refractivity contribution in [2.24, 2.45) is 23.0 Å². The molecule has 2 aliphatic carbocycles. The fourth-order valence-corrected chi connectivity index (χ4v) is 3.40. The Morgan fingerprint density at radius 3 is 2.56 bits per heavy atom. The lowest BCUT2D eigenvalue weighted by Gasteiger charge is -2.40. The molecule has 2 unspecified atom stereocenters. The summed E-state index contributed by atoms with van der Waals surface area (Å²) < 4.78 is 0. The van der Waals surface area contributed by atoms with E-state index in [1.165, 1.54) is 12.8 Å². The Labute approximate surface area is 109 Å². The molecule has 18 heavy (non-hydrogen) atoms. The lowest BCUT2D eigenvalue weighted by molar-refractivity contribution is -0.125. The van der Waals surface area contributed by atoms with E-state index >= 15 is 0 Å². The Balaban J connectivity index is 1.71. The maximum absolute atomic E-state index is 11.9. The molecule has 2 atom stereocenters. The van der Waals surface area contributed by atoms with Gasteiger partial charge in [-0.2, -0.15) is 0 Å². The van der Waals surface area contributed by atoms with Gasteiger partial charge >= 0.3 is 0 Å². The zero-order chi connectivity index (χ0) is 13.0. The van der Waals surface area contributed by atoms with Crippen LogP contribution < -0.4 is 11.1 Å². The van der Waals surface area contributed by atoms with Crippen molar-refractivity contribution in [3.63, 3.8) is 0 Å². The van der Waals surface area contributed by atoms with E-state index in [4.69, 9.17) is 5.73 Å². The van der Waals surface area contributed by atoms with Crippen LogP contribution in [0.4, 0.5) is 0 Å². The molecule has 0 aromatic heterocycles. The molecule has 0 aliphatic heterocycles. The molecule has 4 nitrogen and oxygen atoms in total. The van der Waals surface area contributed by atoms with Crippen LogP contribution in [0.1, 0.15) is 44.9 Å². The van der Waals surface area contributed by atoms with Crippen molar-refractivity contribution in [3.8, 4) is 0 Å². The van der Waals surface area contributed by atoms with Gasteiger partial charge in [0.05, 0.1) is 0 Å². The summed E-state index contributed by atoms with van der Waals surface area (Å²) in [6.07, 6.45) is 7.40. The van der Waals surface area contributed by atoms with Crippen molar-refractivity contribution < 1.29 is 9.90 Å². The highest BCUT2D eigenvalue weighted by atomic mass is 16.3. The second-order valence-electron chi connectivity index (χ2n) is 6.17. The SMILES string of the molecule is NCC1(CC(=O)NCC2CCCC2CO)CCC1. The maximum Gasteiger partial charge on any atom is 0.220 e. The lowest BCUT2D eigenvalue weighted by atomic mass is 9.66. The average Bonchev–Trinajstić information content (AvgIpc) is 2.78. The molecule has 2 rings (SSSR count). The smallest absolute Gasteiger partial charge is 0.220 e. The Bertz CT molecular complexity index is 284. The highest BCUT2D eigenvalue weighted by molar-refractivity contribution is 5.76. The van der Waals surface area contributed by atoms with Crippen molar-refractivity contribution in [2.75, 3.05) is 19.7 Å². The van der Waals surface area contributed by atoms with E-state index in [1.54, 1.807) is 0 Å². The van der Waals surface area contributed by atoms with Gasteiger partial charge in [-0.05, 0) is 49.5 Å². The number of nitrogens with two attached hydrogens (primary N) is 1. The predicted molar refractivity (Wildman–Crippen MR) is 70.9 cm³/mol. The number of nitrogens with one attached hydrogen (secondary N) is 1. The normalized spacial score (nSPS) is 29.9. The van der Waals surface area contributed by atoms with Crippen molar-refractivity contribution in [1.82, 2.24) is 5.32 Å². The molecule has 0 aromatic carbocycles. The largest absolute Gasteiger partial charge is 0.396 e. The van der Waals surface area contributed by atoms with E-state index in [-0.39, 0.29) is 17.9 Å². The number of carbonyl (C=O) groups excluding carboxylic acids is 1. The second kappa shape index (κ2) is 6.02. The quantitative estimate of drug-likeness (QED) is 0.662. The van der Waals surface area contributed by atoms with Gasteiger partial charge in [-0.25, -0.2) is 0 Å². The van der Waals surface area contributed by atoms with Crippen molar-refractivity contribution in [1.29, 1.82) is 0 Å². The van der Waals surface area contributed by atoms with E-state index in [0.717, 1.165) is 32.2 Å². The third kappa shape index (κ3) is 3.04. The number of hydrogen-bond donors (Lipinski definition) is 3. The molecule has 0 saturated heterocycles. The lowest BCUT2D eigenvalue weighted by Crippen LogP contribution is -2.43. The number of amides is 1. The Hall–Kier alpha value is -0.610. The minimum atomic E-state index is 0.0934. The van der Waals surface area contributed by atoms with E-state index in [1.807, 2.05) is 0 Å². The first kappa shape index (κ1) is 13.8. The highest BCUT2D eigenvalue weighted by Gasteiger charge is 2.37. The minimum Gasteiger partial charge on any atom is -0.396 e. The molecule has 0 spiro atoms. The Morgan fingerprint density at radius 2 is 2.00 bits per heavy atom. The van der Waals surface area contributed by atoms with Gasteiger partial charge in [0.15, 0.2) is 0 Å². The van der Waals surface area contributed by atoms with E-state index < -0.39 is 0 Å². The van der Waals surface area contributed by atoms with Gasteiger partial charge < -0.3 is 16.2 Å². The fraction of sp³-hybridized carbons (Fsp3) is 0.929. The minimum absolute atomic E-state index is 0.0934. The van der Waals surface area contributed by atoms with Crippen LogP contribution in [0.25, 0.3) is 0 Å². The summed E-state index contributed by atoms with van der Waals surface area (Å²) >= 11 is 0. The number of aliphatic hydroxyl groups is 1. The monoisotopic (exact) mass is 254 g/mol. The summed E-state index contributed by atoms with van der Waals surface area (Å²) in [6.45, 7) is 1.61. The summed E-state index contributed by atoms with van der Waals surface area (Å²) in [6, 6.07) is 0. The van der Waals surface area contributed by atoms with Crippen molar-refractivity contribution in [2.45, 2.75) is 44.9 Å². The molecule has 0 radical (unpaired) electrons. The number of hydrogen-bond acceptors (Lipinski definition) is 3. The fourth-order valence-electron chi connectivity index (χ4n) is 3.40. The molecule has 2 fully saturated rings. The topological polar surface area (TPSA) is 75.4 Å². The predicted octanol–water partition coefficient (Wildman–Crippen LogP) is 1.03. The number of aliphatic hydroxyl groups excluding tert-OH is 1. The van der Waals surface area contributed by atoms with Crippen LogP contribution in [0.5, 0.6) is 0 Å². The zero-order valence-corrected chi connectivity index (χ0v) is 11.2. The van der Waals surface area contributed by atoms with E-state index in [2.05, 4.69) is 5.32 Å². The van der Waals surface area contributed by atoms with E-state index in [9.17, 15) is 9.90 Å². The van der Waals surface area contributed by atoms with E-state index in [0.29, 0.717) is 24.8 Å². The molecule has 2 saturated carbocycles. The molecule has 104 valence electrons. The zero-order valence-electron chi connectivity index (χ0n) is 11.2. The van der Waals surface area contributed by atoms with Gasteiger partial charge in [-0.3, -0.25) is 4.79 Å². The first-order valence-electron chi connectivity index (χ1n) is 7.27. The van der Waals surface area contributed by atoms with Crippen molar-refractivity contribution >= 4 is 5.91 Å². The molecule has 4 heteroatoms. The summed E-state index contributed by atoms with van der Waals surface area (Å²) in [5.41, 5.74) is 5.86. The average molecular weight is 254 g/mol. The summed E-state index contributed by atoms with van der Waals surface area (Å²) in [5.74, 6) is 0.996. The number of carbonyl (C=O) groups is 1. The van der Waals surface area contributed by atoms with Crippen LogP contribution in [-0.4, -0.2) is 30.7 Å². The standard InChI is InChI=1S/C14H26N2O2/c15-10-14(5-2-6-14)7-13(18)16-8-11-3-1-4-12(11)9-17/h11-12,17H,1-10,15H2,(H,16,18). The molecule has 4 N–H and O–H groups in total. The first-order valence-corrected chi connectivity index (χ1v) is 7.27. The Kier molecular flexibility index (Phi) is 4.62. The third-order valence-electron chi connectivity index (χ3n) is 5.00. The van der Waals surface area contributed by atoms with Crippen LogP contribution >= 0.6 is 0 Å². The second-order valence-corrected chi connectivity index (χ2v) is 6.17. The van der Waals surface area contributed by atoms with Crippen molar-refractivity contribution in [3.05, 3.63) is 0 Å². The summed E-state index contributed by atoms with van der Waals surface area (Å²) in [4.78, 5) is 11.9. The molecular formula is C14H26N2O2. The van der Waals surface area contributed by atoms with Gasteiger partial charge in [0.2, 0.25) is 5.91 Å². The maximum atomic E-state index is 11.9. The van der Waals surface area contributed by atoms with Crippen LogP contribution in [0.3, 0.4) is 0 Å². The molecule has 2 aliphatic rings. The van der Waals surface area contributed by atoms with Gasteiger partial charge in [-0.1, -0.05) is 12.8 Å². The summed E-state index contributed by atoms with van der Waals surface area (Å²) in [7, 11) is 0.